The van der Waals surface area contributed by atoms with Gasteiger partial charge in [-0.1, -0.05) is 11.6 Å². The van der Waals surface area contributed by atoms with Crippen molar-refractivity contribution >= 4 is 17.5 Å². The Balaban J connectivity index is 2.32. The molecule has 0 spiro atoms. The average molecular weight is 204 g/mol. The standard InChI is InChI=1S/C7H10ClN3O2/c1-12-5-4-3-9-11-7(4,8)6(10-5)13-2/h4-5H,3H2,1-2H3/t4-,5+,7-/m0/s1. The minimum atomic E-state index is -0.921. The molecule has 0 unspecified atom stereocenters. The number of rotatable bonds is 1. The summed E-state index contributed by atoms with van der Waals surface area (Å²) in [5.41, 5.74) is 0. The molecular weight excluding hydrogens is 194 g/mol. The Morgan fingerprint density at radius 3 is 2.92 bits per heavy atom. The van der Waals surface area contributed by atoms with Crippen LogP contribution in [0.5, 0.6) is 0 Å². The molecule has 3 atom stereocenters. The summed E-state index contributed by atoms with van der Waals surface area (Å²) in [7, 11) is 3.11. The molecule has 0 saturated heterocycles. The molecule has 72 valence electrons. The monoisotopic (exact) mass is 203 g/mol. The second-order valence-corrected chi connectivity index (χ2v) is 3.54. The number of halogens is 1. The van der Waals surface area contributed by atoms with Gasteiger partial charge in [0.15, 0.2) is 6.23 Å². The van der Waals surface area contributed by atoms with Crippen LogP contribution in [-0.2, 0) is 9.47 Å². The van der Waals surface area contributed by atoms with Crippen LogP contribution in [0.2, 0.25) is 0 Å². The molecule has 0 fully saturated rings. The normalized spacial score (nSPS) is 41.9. The predicted molar refractivity (Wildman–Crippen MR) is 47.0 cm³/mol. The van der Waals surface area contributed by atoms with Crippen LogP contribution in [0, 0.1) is 5.92 Å². The first-order valence-electron chi connectivity index (χ1n) is 3.95. The van der Waals surface area contributed by atoms with Gasteiger partial charge in [0.05, 0.1) is 19.6 Å². The Morgan fingerprint density at radius 1 is 1.54 bits per heavy atom. The molecule has 6 heteroatoms. The highest BCUT2D eigenvalue weighted by atomic mass is 35.5. The summed E-state index contributed by atoms with van der Waals surface area (Å²) >= 11 is 6.21. The topological polar surface area (TPSA) is 55.5 Å². The van der Waals surface area contributed by atoms with E-state index in [0.717, 1.165) is 0 Å². The van der Waals surface area contributed by atoms with Crippen LogP contribution in [0.4, 0.5) is 0 Å². The fourth-order valence-electron chi connectivity index (χ4n) is 1.62. The van der Waals surface area contributed by atoms with Crippen LogP contribution >= 0.6 is 11.6 Å². The van der Waals surface area contributed by atoms with Crippen LogP contribution in [0.15, 0.2) is 15.2 Å². The average Bonchev–Trinajstić information content (AvgIpc) is 2.60. The molecule has 2 heterocycles. The summed E-state index contributed by atoms with van der Waals surface area (Å²) in [6.45, 7) is 0.540. The zero-order valence-corrected chi connectivity index (χ0v) is 8.15. The van der Waals surface area contributed by atoms with Crippen LogP contribution in [0.3, 0.4) is 0 Å². The maximum atomic E-state index is 6.21. The van der Waals surface area contributed by atoms with Crippen LogP contribution in [-0.4, -0.2) is 37.9 Å². The SMILES string of the molecule is COC1=N[C@H](OC)[C@@H]2CN=N[C@]12Cl. The maximum absolute atomic E-state index is 6.21. The summed E-state index contributed by atoms with van der Waals surface area (Å²) in [6, 6.07) is 0. The number of aliphatic imine (C=N–C) groups is 1. The summed E-state index contributed by atoms with van der Waals surface area (Å²) in [4.78, 5) is 3.25. The van der Waals surface area contributed by atoms with Crippen molar-refractivity contribution in [2.45, 2.75) is 11.2 Å². The van der Waals surface area contributed by atoms with Gasteiger partial charge in [0.1, 0.15) is 0 Å². The first kappa shape index (κ1) is 8.90. The highest BCUT2D eigenvalue weighted by Gasteiger charge is 2.56. The lowest BCUT2D eigenvalue weighted by atomic mass is 10.0. The molecule has 0 aromatic heterocycles. The van der Waals surface area contributed by atoms with Crippen molar-refractivity contribution in [3.8, 4) is 0 Å². The van der Waals surface area contributed by atoms with Crippen LogP contribution < -0.4 is 0 Å². The number of hydrogen-bond donors (Lipinski definition) is 0. The third-order valence-electron chi connectivity index (χ3n) is 2.31. The van der Waals surface area contributed by atoms with Crippen molar-refractivity contribution in [2.75, 3.05) is 20.8 Å². The van der Waals surface area contributed by atoms with Gasteiger partial charge in [0.2, 0.25) is 10.9 Å². The maximum Gasteiger partial charge on any atom is 0.237 e. The van der Waals surface area contributed by atoms with Crippen molar-refractivity contribution in [3.63, 3.8) is 0 Å². The third-order valence-corrected chi connectivity index (χ3v) is 2.83. The molecule has 0 N–H and O–H groups in total. The number of ether oxygens (including phenoxy) is 2. The second-order valence-electron chi connectivity index (χ2n) is 2.97. The summed E-state index contributed by atoms with van der Waals surface area (Å²) in [5.74, 6) is 0.362. The van der Waals surface area contributed by atoms with Gasteiger partial charge in [-0.25, -0.2) is 4.99 Å². The smallest absolute Gasteiger partial charge is 0.237 e. The zero-order valence-electron chi connectivity index (χ0n) is 7.40. The highest BCUT2D eigenvalue weighted by Crippen LogP contribution is 2.43. The first-order valence-corrected chi connectivity index (χ1v) is 4.33. The number of nitrogens with zero attached hydrogens (tertiary/aromatic N) is 3. The van der Waals surface area contributed by atoms with Crippen LogP contribution in [0.25, 0.3) is 0 Å². The van der Waals surface area contributed by atoms with E-state index in [1.54, 1.807) is 7.11 Å². The van der Waals surface area contributed by atoms with Gasteiger partial charge in [-0.3, -0.25) is 0 Å². The third kappa shape index (κ3) is 1.07. The molecule has 0 bridgehead atoms. The van der Waals surface area contributed by atoms with Gasteiger partial charge >= 0.3 is 0 Å². The summed E-state index contributed by atoms with van der Waals surface area (Å²) < 4.78 is 10.2. The van der Waals surface area contributed by atoms with Gasteiger partial charge in [-0.05, 0) is 0 Å². The van der Waals surface area contributed by atoms with Crippen molar-refractivity contribution in [3.05, 3.63) is 0 Å². The molecule has 5 nitrogen and oxygen atoms in total. The quantitative estimate of drug-likeness (QED) is 0.472. The summed E-state index contributed by atoms with van der Waals surface area (Å²) in [6.07, 6.45) is -0.289. The molecular formula is C7H10ClN3O2. The van der Waals surface area contributed by atoms with Gasteiger partial charge in [-0.2, -0.15) is 10.2 Å². The molecule has 0 aromatic rings. The van der Waals surface area contributed by atoms with E-state index in [1.165, 1.54) is 7.11 Å². The molecule has 0 aromatic carbocycles. The molecule has 2 aliphatic heterocycles. The van der Waals surface area contributed by atoms with Gasteiger partial charge in [-0.15, -0.1) is 0 Å². The largest absolute Gasteiger partial charge is 0.482 e. The van der Waals surface area contributed by atoms with E-state index in [9.17, 15) is 0 Å². The van der Waals surface area contributed by atoms with Crippen LogP contribution in [0.1, 0.15) is 0 Å². The first-order chi connectivity index (χ1) is 6.22. The van der Waals surface area contributed by atoms with E-state index in [-0.39, 0.29) is 12.1 Å². The van der Waals surface area contributed by atoms with E-state index in [2.05, 4.69) is 15.2 Å². The predicted octanol–water partition coefficient (Wildman–Crippen LogP) is 1.03. The molecule has 0 amide bonds. The molecule has 13 heavy (non-hydrogen) atoms. The van der Waals surface area contributed by atoms with Gasteiger partial charge < -0.3 is 9.47 Å². The molecule has 0 radical (unpaired) electrons. The van der Waals surface area contributed by atoms with Gasteiger partial charge in [0.25, 0.3) is 0 Å². The fraction of sp³-hybridized carbons (Fsp3) is 0.857. The Morgan fingerprint density at radius 2 is 2.31 bits per heavy atom. The Labute approximate surface area is 80.8 Å². The van der Waals surface area contributed by atoms with E-state index in [4.69, 9.17) is 21.1 Å². The molecule has 2 rings (SSSR count). The lowest BCUT2D eigenvalue weighted by Gasteiger charge is -2.19. The summed E-state index contributed by atoms with van der Waals surface area (Å²) in [5, 5.41) is 7.82. The van der Waals surface area contributed by atoms with E-state index in [0.29, 0.717) is 12.4 Å². The minimum Gasteiger partial charge on any atom is -0.482 e. The van der Waals surface area contributed by atoms with E-state index >= 15 is 0 Å². The molecule has 2 aliphatic rings. The minimum absolute atomic E-state index is 0.0332. The number of hydrogen-bond acceptors (Lipinski definition) is 5. The Kier molecular flexibility index (Phi) is 2.00. The Bertz CT molecular complexity index is 281. The van der Waals surface area contributed by atoms with E-state index < -0.39 is 5.00 Å². The lowest BCUT2D eigenvalue weighted by molar-refractivity contribution is 0.0714. The number of alkyl halides is 1. The zero-order chi connectivity index (χ0) is 9.47. The van der Waals surface area contributed by atoms with Crippen molar-refractivity contribution < 1.29 is 9.47 Å². The molecule has 0 saturated carbocycles. The van der Waals surface area contributed by atoms with Crippen molar-refractivity contribution in [1.82, 2.24) is 0 Å². The Hall–Kier alpha value is -0.680. The number of methoxy groups -OCH3 is 2. The highest BCUT2D eigenvalue weighted by molar-refractivity contribution is 6.35. The van der Waals surface area contributed by atoms with Gasteiger partial charge in [0, 0.05) is 7.11 Å². The van der Waals surface area contributed by atoms with E-state index in [1.807, 2.05) is 0 Å². The molecule has 0 aliphatic carbocycles. The second kappa shape index (κ2) is 2.92. The lowest BCUT2D eigenvalue weighted by Crippen LogP contribution is -2.36. The number of azo groups is 1. The number of fused-ring (bicyclic) bond motifs is 1. The van der Waals surface area contributed by atoms with Crippen molar-refractivity contribution in [1.29, 1.82) is 0 Å². The van der Waals surface area contributed by atoms with Crippen molar-refractivity contribution in [2.24, 2.45) is 21.1 Å². The fourth-order valence-corrected chi connectivity index (χ4v) is 1.97.